The highest BCUT2D eigenvalue weighted by atomic mass is 32.3. The van der Waals surface area contributed by atoms with Crippen LogP contribution in [0.2, 0.25) is 0 Å². The molecule has 0 aromatic heterocycles. The molecule has 3 aromatic rings. The molecule has 182 valence electrons. The first kappa shape index (κ1) is 22.8. The third kappa shape index (κ3) is 3.79. The molecular weight excluding hydrogens is 460 g/mol. The molecule has 2 N–H and O–H groups in total. The van der Waals surface area contributed by atoms with E-state index in [1.165, 1.54) is 14.7 Å². The van der Waals surface area contributed by atoms with Crippen molar-refractivity contribution >= 4 is 39.6 Å². The Balaban J connectivity index is 1.08. The number of benzene rings is 3. The van der Waals surface area contributed by atoms with Gasteiger partial charge < -0.3 is 9.85 Å². The van der Waals surface area contributed by atoms with Crippen LogP contribution in [-0.4, -0.2) is 50.1 Å². The van der Waals surface area contributed by atoms with Gasteiger partial charge in [0.25, 0.3) is 5.91 Å². The molecule has 0 radical (unpaired) electrons. The number of unbranched alkanes of at least 4 members (excludes halogenated alkanes) is 1. The normalized spacial score (nSPS) is 21.9. The summed E-state index contributed by atoms with van der Waals surface area (Å²) in [4.78, 5) is 13.5. The average Bonchev–Trinajstić information content (AvgIpc) is 3.32. The lowest BCUT2D eigenvalue weighted by molar-refractivity contribution is -0.887. The highest BCUT2D eigenvalue weighted by Crippen LogP contribution is 2.59. The van der Waals surface area contributed by atoms with Gasteiger partial charge in [-0.25, -0.2) is 4.31 Å². The van der Waals surface area contributed by atoms with Crippen molar-refractivity contribution in [2.45, 2.75) is 30.6 Å². The second kappa shape index (κ2) is 8.18. The third-order valence-electron chi connectivity index (χ3n) is 7.96. The van der Waals surface area contributed by atoms with E-state index in [2.05, 4.69) is 36.4 Å². The van der Waals surface area contributed by atoms with Crippen LogP contribution in [0.25, 0.3) is 22.9 Å². The predicted octanol–water partition coefficient (Wildman–Crippen LogP) is 4.47. The zero-order valence-electron chi connectivity index (χ0n) is 19.6. The zero-order chi connectivity index (χ0) is 24.3. The average molecular weight is 491 g/mol. The molecule has 1 spiro atoms. The van der Waals surface area contributed by atoms with E-state index in [1.807, 2.05) is 30.3 Å². The van der Waals surface area contributed by atoms with Crippen molar-refractivity contribution in [3.8, 4) is 0 Å². The maximum atomic E-state index is 13.4. The predicted molar refractivity (Wildman–Crippen MR) is 140 cm³/mol. The summed E-state index contributed by atoms with van der Waals surface area (Å²) in [6.45, 7) is 1.87. The molecule has 7 heteroatoms. The number of carbonyl (C=O) groups is 1. The SMILES string of the molecule is O=C1c2c(ccc3ccccc23)S(O)(O)N1CCCC[N+]1([O-])CCC2(C=c3ccccc3=C2)CC1. The molecule has 1 fully saturated rings. The summed E-state index contributed by atoms with van der Waals surface area (Å²) in [6.07, 6.45) is 7.55. The zero-order valence-corrected chi connectivity index (χ0v) is 20.4. The van der Waals surface area contributed by atoms with E-state index in [1.54, 1.807) is 6.07 Å². The summed E-state index contributed by atoms with van der Waals surface area (Å²) < 4.78 is 22.8. The van der Waals surface area contributed by atoms with E-state index in [-0.39, 0.29) is 22.5 Å². The van der Waals surface area contributed by atoms with Gasteiger partial charge in [0.2, 0.25) is 0 Å². The lowest BCUT2D eigenvalue weighted by Gasteiger charge is -2.50. The fraction of sp³-hybridized carbons (Fsp3) is 0.321. The molecule has 1 saturated heterocycles. The quantitative estimate of drug-likeness (QED) is 0.314. The van der Waals surface area contributed by atoms with Gasteiger partial charge in [0.15, 0.2) is 0 Å². The summed E-state index contributed by atoms with van der Waals surface area (Å²) >= 11 is 0. The number of hydroxylamine groups is 3. The van der Waals surface area contributed by atoms with Crippen LogP contribution < -0.4 is 10.4 Å². The first-order valence-corrected chi connectivity index (χ1v) is 13.8. The molecule has 0 saturated carbocycles. The molecule has 3 aliphatic rings. The highest BCUT2D eigenvalue weighted by Gasteiger charge is 2.42. The summed E-state index contributed by atoms with van der Waals surface area (Å²) in [5, 5.41) is 17.6. The molecule has 3 aromatic carbocycles. The fourth-order valence-corrected chi connectivity index (χ4v) is 7.62. The highest BCUT2D eigenvalue weighted by molar-refractivity contribution is 8.23. The Bertz CT molecular complexity index is 1410. The first-order valence-electron chi connectivity index (χ1n) is 12.3. The van der Waals surface area contributed by atoms with Gasteiger partial charge in [0.1, 0.15) is 0 Å². The van der Waals surface area contributed by atoms with Crippen LogP contribution in [0.4, 0.5) is 0 Å². The number of rotatable bonds is 5. The Labute approximate surface area is 206 Å². The fourth-order valence-electron chi connectivity index (χ4n) is 5.95. The summed E-state index contributed by atoms with van der Waals surface area (Å²) in [5.74, 6) is -0.338. The van der Waals surface area contributed by atoms with Crippen LogP contribution in [0.3, 0.4) is 0 Å². The van der Waals surface area contributed by atoms with Gasteiger partial charge in [-0.1, -0.05) is 77.5 Å². The Morgan fingerprint density at radius 1 is 0.914 bits per heavy atom. The van der Waals surface area contributed by atoms with Crippen LogP contribution in [0, 0.1) is 10.6 Å². The Morgan fingerprint density at radius 2 is 1.57 bits per heavy atom. The van der Waals surface area contributed by atoms with Crippen molar-refractivity contribution in [1.29, 1.82) is 0 Å². The molecule has 6 nitrogen and oxygen atoms in total. The monoisotopic (exact) mass is 490 g/mol. The lowest BCUT2D eigenvalue weighted by Crippen LogP contribution is -2.50. The second-order valence-corrected chi connectivity index (χ2v) is 12.1. The van der Waals surface area contributed by atoms with E-state index < -0.39 is 10.8 Å². The van der Waals surface area contributed by atoms with E-state index in [4.69, 9.17) is 0 Å². The third-order valence-corrected chi connectivity index (χ3v) is 9.86. The van der Waals surface area contributed by atoms with E-state index >= 15 is 0 Å². The van der Waals surface area contributed by atoms with Gasteiger partial charge in [-0.3, -0.25) is 13.9 Å². The van der Waals surface area contributed by atoms with Crippen molar-refractivity contribution in [1.82, 2.24) is 4.31 Å². The number of carbonyl (C=O) groups excluding carboxylic acids is 1. The summed E-state index contributed by atoms with van der Waals surface area (Å²) in [5.41, 5.74) is 0.394. The van der Waals surface area contributed by atoms with Crippen LogP contribution >= 0.6 is 10.8 Å². The molecule has 0 bridgehead atoms. The van der Waals surface area contributed by atoms with E-state index in [0.29, 0.717) is 42.9 Å². The van der Waals surface area contributed by atoms with E-state index in [9.17, 15) is 19.1 Å². The summed E-state index contributed by atoms with van der Waals surface area (Å²) in [6, 6.07) is 19.4. The molecule has 2 aliphatic heterocycles. The molecule has 6 rings (SSSR count). The number of hydrogen-bond donors (Lipinski definition) is 2. The maximum absolute atomic E-state index is 13.4. The van der Waals surface area contributed by atoms with Gasteiger partial charge in [-0.15, -0.1) is 0 Å². The number of fused-ring (bicyclic) bond motifs is 4. The Morgan fingerprint density at radius 3 is 2.29 bits per heavy atom. The number of amides is 1. The van der Waals surface area contributed by atoms with Crippen LogP contribution in [0.15, 0.2) is 65.6 Å². The van der Waals surface area contributed by atoms with Gasteiger partial charge in [-0.2, -0.15) is 0 Å². The van der Waals surface area contributed by atoms with Gasteiger partial charge in [-0.05, 0) is 40.1 Å². The molecule has 35 heavy (non-hydrogen) atoms. The number of hydrogen-bond acceptors (Lipinski definition) is 4. The molecule has 1 aliphatic carbocycles. The van der Waals surface area contributed by atoms with Crippen LogP contribution in [-0.2, 0) is 0 Å². The Kier molecular flexibility index (Phi) is 5.32. The maximum Gasteiger partial charge on any atom is 0.274 e. The first-order chi connectivity index (χ1) is 16.8. The molecular formula is C28H30N2O4S. The van der Waals surface area contributed by atoms with Crippen LogP contribution in [0.1, 0.15) is 36.0 Å². The topological polar surface area (TPSA) is 83.8 Å². The molecule has 0 atom stereocenters. The number of likely N-dealkylation sites (tertiary alicyclic amines) is 1. The van der Waals surface area contributed by atoms with Crippen molar-refractivity contribution in [2.24, 2.45) is 5.41 Å². The standard InChI is InChI=1S/C28H30N2O4S/c31-27-26-24-10-4-3-7-21(24)11-12-25(26)35(33,34)29(27)15-5-6-16-30(32)17-13-28(14-18-30)19-22-8-1-2-9-23(22)20-28/h1-4,7-12,19-20,33-34H,5-6,13-18H2. The minimum absolute atomic E-state index is 0.00308. The van der Waals surface area contributed by atoms with Crippen molar-refractivity contribution in [3.05, 3.63) is 81.9 Å². The minimum Gasteiger partial charge on any atom is -0.633 e. The van der Waals surface area contributed by atoms with Gasteiger partial charge in [0.05, 0.1) is 30.1 Å². The number of quaternary nitrogens is 1. The van der Waals surface area contributed by atoms with E-state index in [0.717, 1.165) is 23.6 Å². The number of nitrogens with zero attached hydrogens (tertiary/aromatic N) is 2. The van der Waals surface area contributed by atoms with Crippen molar-refractivity contribution in [2.75, 3.05) is 26.2 Å². The minimum atomic E-state index is -3.36. The van der Waals surface area contributed by atoms with Crippen LogP contribution in [0.5, 0.6) is 0 Å². The van der Waals surface area contributed by atoms with Gasteiger partial charge >= 0.3 is 0 Å². The second-order valence-electron chi connectivity index (χ2n) is 10.2. The molecule has 0 unspecified atom stereocenters. The largest absolute Gasteiger partial charge is 0.633 e. The molecule has 2 heterocycles. The summed E-state index contributed by atoms with van der Waals surface area (Å²) in [7, 11) is -3.36. The van der Waals surface area contributed by atoms with Crippen molar-refractivity contribution in [3.63, 3.8) is 0 Å². The molecule has 1 amide bonds. The Hall–Kier alpha value is -2.68. The lowest BCUT2D eigenvalue weighted by atomic mass is 9.79. The number of piperidine rings is 1. The smallest absolute Gasteiger partial charge is 0.274 e. The van der Waals surface area contributed by atoms with Crippen molar-refractivity contribution < 1.29 is 18.5 Å². The van der Waals surface area contributed by atoms with Gasteiger partial charge in [0, 0.05) is 24.8 Å².